The molecule has 2 amide bonds. The van der Waals surface area contributed by atoms with Gasteiger partial charge in [-0.3, -0.25) is 9.59 Å². The largest absolute Gasteiger partial charge is 0.493 e. The third-order valence-electron chi connectivity index (χ3n) is 7.14. The topological polar surface area (TPSA) is 105 Å². The molecule has 0 radical (unpaired) electrons. The summed E-state index contributed by atoms with van der Waals surface area (Å²) in [5.74, 6) is 0.471. The Labute approximate surface area is 222 Å². The van der Waals surface area contributed by atoms with Crippen molar-refractivity contribution in [3.63, 3.8) is 0 Å². The molecule has 0 spiro atoms. The van der Waals surface area contributed by atoms with Crippen LogP contribution in [-0.2, 0) is 19.6 Å². The number of amides is 2. The fourth-order valence-corrected chi connectivity index (χ4v) is 6.29. The number of carbonyl (C=O) groups excluding carboxylic acids is 2. The highest BCUT2D eigenvalue weighted by molar-refractivity contribution is 7.89. The van der Waals surface area contributed by atoms with E-state index in [0.29, 0.717) is 56.5 Å². The molecule has 38 heavy (non-hydrogen) atoms. The smallest absolute Gasteiger partial charge is 0.247 e. The van der Waals surface area contributed by atoms with Crippen molar-refractivity contribution < 1.29 is 22.7 Å². The molecular weight excluding hydrogens is 502 g/mol. The van der Waals surface area contributed by atoms with Crippen molar-refractivity contribution >= 4 is 38.7 Å². The second kappa shape index (κ2) is 11.4. The van der Waals surface area contributed by atoms with E-state index in [0.717, 1.165) is 16.7 Å². The average Bonchev–Trinajstić information content (AvgIpc) is 3.17. The van der Waals surface area contributed by atoms with Crippen LogP contribution in [0.4, 0.5) is 0 Å². The second-order valence-electron chi connectivity index (χ2n) is 9.64. The Kier molecular flexibility index (Phi) is 7.76. The molecule has 1 saturated heterocycles. The number of hydrogen-bond donors (Lipinski definition) is 2. The number of ether oxygens (including phenoxy) is 1. The fourth-order valence-electron chi connectivity index (χ4n) is 4.94. The minimum Gasteiger partial charge on any atom is -0.493 e. The van der Waals surface area contributed by atoms with Gasteiger partial charge in [0.05, 0.1) is 18.0 Å². The summed E-state index contributed by atoms with van der Waals surface area (Å²) in [4.78, 5) is 27.5. The van der Waals surface area contributed by atoms with Gasteiger partial charge in [0, 0.05) is 42.6 Å². The molecule has 0 unspecified atom stereocenters. The third kappa shape index (κ3) is 5.89. The van der Waals surface area contributed by atoms with Gasteiger partial charge in [-0.1, -0.05) is 54.6 Å². The van der Waals surface area contributed by atoms with Gasteiger partial charge in [0.15, 0.2) is 0 Å². The number of carbonyl (C=O) groups is 2. The zero-order valence-corrected chi connectivity index (χ0v) is 21.9. The van der Waals surface area contributed by atoms with Crippen LogP contribution < -0.4 is 14.8 Å². The predicted molar refractivity (Wildman–Crippen MR) is 146 cm³/mol. The summed E-state index contributed by atoms with van der Waals surface area (Å²) in [6.45, 7) is 1.71. The van der Waals surface area contributed by atoms with Crippen LogP contribution in [0.3, 0.4) is 0 Å². The van der Waals surface area contributed by atoms with Gasteiger partial charge >= 0.3 is 0 Å². The van der Waals surface area contributed by atoms with Crippen LogP contribution in [0.25, 0.3) is 16.8 Å². The summed E-state index contributed by atoms with van der Waals surface area (Å²) in [6.07, 6.45) is 3.66. The molecule has 0 aliphatic carbocycles. The van der Waals surface area contributed by atoms with E-state index in [2.05, 4.69) is 10.0 Å². The minimum atomic E-state index is -3.66. The Hall–Kier alpha value is -3.69. The van der Waals surface area contributed by atoms with E-state index >= 15 is 0 Å². The van der Waals surface area contributed by atoms with Crippen molar-refractivity contribution in [1.82, 2.24) is 14.9 Å². The maximum atomic E-state index is 13.0. The van der Waals surface area contributed by atoms with E-state index < -0.39 is 10.0 Å². The van der Waals surface area contributed by atoms with Crippen LogP contribution >= 0.6 is 0 Å². The molecule has 5 rings (SSSR count). The lowest BCUT2D eigenvalue weighted by molar-refractivity contribution is -0.133. The van der Waals surface area contributed by atoms with Crippen molar-refractivity contribution in [2.24, 2.45) is 5.92 Å². The average molecular weight is 534 g/mol. The molecule has 2 heterocycles. The molecule has 3 aromatic carbocycles. The van der Waals surface area contributed by atoms with Gasteiger partial charge < -0.3 is 15.0 Å². The first-order chi connectivity index (χ1) is 18.4. The van der Waals surface area contributed by atoms with Crippen LogP contribution in [0.1, 0.15) is 24.8 Å². The maximum Gasteiger partial charge on any atom is 0.247 e. The number of piperidine rings is 1. The molecule has 2 aliphatic heterocycles. The summed E-state index contributed by atoms with van der Waals surface area (Å²) in [5, 5.41) is 4.32. The van der Waals surface area contributed by atoms with Gasteiger partial charge in [-0.25, -0.2) is 13.1 Å². The number of rotatable bonds is 7. The van der Waals surface area contributed by atoms with Crippen LogP contribution in [0.5, 0.6) is 5.75 Å². The number of hydrogen-bond acceptors (Lipinski definition) is 5. The SMILES string of the molecule is O=C(NCC(=O)N1CCC(CNS(=O)(=O)c2cccc3ccccc23)CC1)C1=Cc2ccccc2OCC1. The zero-order chi connectivity index (χ0) is 26.5. The summed E-state index contributed by atoms with van der Waals surface area (Å²) in [7, 11) is -3.66. The Balaban J connectivity index is 1.10. The van der Waals surface area contributed by atoms with Crippen molar-refractivity contribution in [2.45, 2.75) is 24.2 Å². The van der Waals surface area contributed by atoms with Gasteiger partial charge in [-0.15, -0.1) is 0 Å². The van der Waals surface area contributed by atoms with Gasteiger partial charge in [-0.2, -0.15) is 0 Å². The molecule has 9 heteroatoms. The lowest BCUT2D eigenvalue weighted by Crippen LogP contribution is -2.45. The number of para-hydroxylation sites is 1. The van der Waals surface area contributed by atoms with E-state index in [4.69, 9.17) is 4.74 Å². The molecule has 3 aromatic rings. The normalized spacial score (nSPS) is 16.2. The van der Waals surface area contributed by atoms with Crippen LogP contribution in [0.2, 0.25) is 0 Å². The molecule has 8 nitrogen and oxygen atoms in total. The maximum absolute atomic E-state index is 13.0. The van der Waals surface area contributed by atoms with E-state index in [1.165, 1.54) is 0 Å². The Morgan fingerprint density at radius 2 is 1.68 bits per heavy atom. The summed E-state index contributed by atoms with van der Waals surface area (Å²) >= 11 is 0. The fraction of sp³-hybridized carbons (Fsp3) is 0.310. The van der Waals surface area contributed by atoms with Gasteiger partial charge in [0.1, 0.15) is 5.75 Å². The first-order valence-electron chi connectivity index (χ1n) is 12.9. The molecule has 198 valence electrons. The number of likely N-dealkylation sites (tertiary alicyclic amines) is 1. The van der Waals surface area contributed by atoms with Crippen LogP contribution in [0.15, 0.2) is 77.2 Å². The molecule has 0 bridgehead atoms. The number of sulfonamides is 1. The number of nitrogens with zero attached hydrogens (tertiary/aromatic N) is 1. The van der Waals surface area contributed by atoms with Crippen molar-refractivity contribution in [2.75, 3.05) is 32.8 Å². The Morgan fingerprint density at radius 3 is 2.53 bits per heavy atom. The standard InChI is InChI=1S/C29H31N3O5S/c33-28(20-30-29(34)24-14-17-37-26-10-4-2-7-23(26)18-24)32-15-12-21(13-16-32)19-31-38(35,36)27-11-5-8-22-6-1-3-9-25(22)27/h1-11,18,21,31H,12-17,19-20H2,(H,30,34). The highest BCUT2D eigenvalue weighted by atomic mass is 32.2. The minimum absolute atomic E-state index is 0.0724. The Bertz CT molecular complexity index is 1470. The third-order valence-corrected chi connectivity index (χ3v) is 8.62. The van der Waals surface area contributed by atoms with E-state index in [1.54, 1.807) is 17.0 Å². The summed E-state index contributed by atoms with van der Waals surface area (Å²) in [6, 6.07) is 20.2. The molecule has 0 aromatic heterocycles. The molecule has 2 aliphatic rings. The number of nitrogens with one attached hydrogen (secondary N) is 2. The first kappa shape index (κ1) is 25.9. The quantitative estimate of drug-likeness (QED) is 0.485. The van der Waals surface area contributed by atoms with E-state index in [-0.39, 0.29) is 29.2 Å². The molecule has 2 N–H and O–H groups in total. The van der Waals surface area contributed by atoms with Gasteiger partial charge in [-0.05, 0) is 42.4 Å². The second-order valence-corrected chi connectivity index (χ2v) is 11.4. The summed E-state index contributed by atoms with van der Waals surface area (Å²) in [5.41, 5.74) is 1.43. The van der Waals surface area contributed by atoms with Crippen molar-refractivity contribution in [3.05, 3.63) is 77.9 Å². The highest BCUT2D eigenvalue weighted by Gasteiger charge is 2.25. The van der Waals surface area contributed by atoms with E-state index in [9.17, 15) is 18.0 Å². The molecule has 0 atom stereocenters. The van der Waals surface area contributed by atoms with Crippen LogP contribution in [-0.4, -0.2) is 57.9 Å². The number of fused-ring (bicyclic) bond motifs is 2. The first-order valence-corrected chi connectivity index (χ1v) is 14.3. The van der Waals surface area contributed by atoms with Gasteiger partial charge in [0.2, 0.25) is 21.8 Å². The zero-order valence-electron chi connectivity index (χ0n) is 21.1. The van der Waals surface area contributed by atoms with E-state index in [1.807, 2.05) is 60.7 Å². The molecule has 1 fully saturated rings. The van der Waals surface area contributed by atoms with Crippen molar-refractivity contribution in [3.8, 4) is 5.75 Å². The van der Waals surface area contributed by atoms with Gasteiger partial charge in [0.25, 0.3) is 0 Å². The van der Waals surface area contributed by atoms with Crippen molar-refractivity contribution in [1.29, 1.82) is 0 Å². The highest BCUT2D eigenvalue weighted by Crippen LogP contribution is 2.26. The molecular formula is C29H31N3O5S. The molecule has 0 saturated carbocycles. The Morgan fingerprint density at radius 1 is 0.947 bits per heavy atom. The van der Waals surface area contributed by atoms with Crippen LogP contribution in [0, 0.1) is 5.92 Å². The number of benzene rings is 3. The predicted octanol–water partition coefficient (Wildman–Crippen LogP) is 3.34. The monoisotopic (exact) mass is 533 g/mol. The lowest BCUT2D eigenvalue weighted by atomic mass is 9.97. The summed E-state index contributed by atoms with van der Waals surface area (Å²) < 4.78 is 34.5. The lowest BCUT2D eigenvalue weighted by Gasteiger charge is -2.32.